The topological polar surface area (TPSA) is 95.1 Å². The molecule has 0 aliphatic heterocycles. The quantitative estimate of drug-likeness (QED) is 0.743. The summed E-state index contributed by atoms with van der Waals surface area (Å²) in [5, 5.41) is 18.0. The first-order valence-corrected chi connectivity index (χ1v) is 5.72. The molecule has 1 aromatic carbocycles. The first-order chi connectivity index (χ1) is 9.16. The molecule has 98 valence electrons. The van der Waals surface area contributed by atoms with E-state index >= 15 is 0 Å². The number of nitrogens with one attached hydrogen (secondary N) is 2. The zero-order valence-corrected chi connectivity index (χ0v) is 10.0. The maximum Gasteiger partial charge on any atom is 0.330 e. The van der Waals surface area contributed by atoms with Crippen LogP contribution < -0.4 is 5.32 Å². The Morgan fingerprint density at radius 3 is 2.58 bits per heavy atom. The number of hydrogen-bond donors (Lipinski definition) is 3. The molecular formula is C13H13N3O3. The fraction of sp³-hybridized carbons (Fsp3) is 0.154. The molecule has 0 aliphatic carbocycles. The summed E-state index contributed by atoms with van der Waals surface area (Å²) in [7, 11) is 0. The van der Waals surface area contributed by atoms with Crippen LogP contribution in [0.5, 0.6) is 0 Å². The minimum Gasteiger partial charge on any atom is -0.479 e. The van der Waals surface area contributed by atoms with E-state index in [0.717, 1.165) is 0 Å². The number of carbonyl (C=O) groups is 2. The van der Waals surface area contributed by atoms with Gasteiger partial charge in [0, 0.05) is 11.9 Å². The third kappa shape index (κ3) is 3.41. The predicted octanol–water partition coefficient (Wildman–Crippen LogP) is 0.894. The first-order valence-electron chi connectivity index (χ1n) is 5.72. The van der Waals surface area contributed by atoms with Crippen LogP contribution in [-0.4, -0.2) is 27.2 Å². The molecule has 6 heteroatoms. The van der Waals surface area contributed by atoms with Crippen molar-refractivity contribution in [1.29, 1.82) is 0 Å². The Bertz CT molecular complexity index is 552. The summed E-state index contributed by atoms with van der Waals surface area (Å²) >= 11 is 0. The zero-order chi connectivity index (χ0) is 13.7. The number of aromatic nitrogens is 2. The maximum absolute atomic E-state index is 11.8. The van der Waals surface area contributed by atoms with E-state index in [1.54, 1.807) is 36.4 Å². The number of carbonyl (C=O) groups excluding carboxylic acids is 1. The smallest absolute Gasteiger partial charge is 0.330 e. The van der Waals surface area contributed by atoms with Gasteiger partial charge in [0.15, 0.2) is 6.04 Å². The second-order valence-electron chi connectivity index (χ2n) is 4.01. The van der Waals surface area contributed by atoms with Crippen LogP contribution in [0.4, 0.5) is 0 Å². The fourth-order valence-corrected chi connectivity index (χ4v) is 1.70. The molecule has 2 rings (SSSR count). The number of hydrogen-bond acceptors (Lipinski definition) is 3. The monoisotopic (exact) mass is 259 g/mol. The Balaban J connectivity index is 2.05. The highest BCUT2D eigenvalue weighted by molar-refractivity contribution is 5.85. The summed E-state index contributed by atoms with van der Waals surface area (Å²) < 4.78 is 0. The highest BCUT2D eigenvalue weighted by Gasteiger charge is 2.21. The summed E-state index contributed by atoms with van der Waals surface area (Å²) in [4.78, 5) is 23.0. The standard InChI is InChI=1S/C13H13N3O3/c17-11(8-10-6-7-14-16-10)15-12(13(18)19)9-4-2-1-3-5-9/h1-7,12H,8H2,(H,14,16)(H,15,17)(H,18,19)/t12-/m0/s1. The van der Waals surface area contributed by atoms with Gasteiger partial charge in [-0.25, -0.2) is 4.79 Å². The number of carboxylic acids is 1. The molecule has 0 saturated carbocycles. The second kappa shape index (κ2) is 5.81. The normalized spacial score (nSPS) is 11.8. The summed E-state index contributed by atoms with van der Waals surface area (Å²) in [6.07, 6.45) is 1.60. The van der Waals surface area contributed by atoms with Crippen molar-refractivity contribution < 1.29 is 14.7 Å². The van der Waals surface area contributed by atoms with Crippen LogP contribution in [0.2, 0.25) is 0 Å². The van der Waals surface area contributed by atoms with E-state index in [2.05, 4.69) is 15.5 Å². The average molecular weight is 259 g/mol. The van der Waals surface area contributed by atoms with Crippen LogP contribution in [0.15, 0.2) is 42.6 Å². The average Bonchev–Trinajstić information content (AvgIpc) is 2.89. The van der Waals surface area contributed by atoms with Gasteiger partial charge in [-0.2, -0.15) is 5.10 Å². The number of amides is 1. The number of nitrogens with zero attached hydrogens (tertiary/aromatic N) is 1. The van der Waals surface area contributed by atoms with Crippen LogP contribution in [0.25, 0.3) is 0 Å². The summed E-state index contributed by atoms with van der Waals surface area (Å²) in [5.74, 6) is -1.47. The lowest BCUT2D eigenvalue weighted by molar-refractivity contribution is -0.142. The van der Waals surface area contributed by atoms with Crippen LogP contribution in [0, 0.1) is 0 Å². The van der Waals surface area contributed by atoms with Gasteiger partial charge in [0.1, 0.15) is 0 Å². The molecule has 6 nitrogen and oxygen atoms in total. The molecule has 0 spiro atoms. The summed E-state index contributed by atoms with van der Waals surface area (Å²) in [6.45, 7) is 0. The van der Waals surface area contributed by atoms with E-state index in [9.17, 15) is 9.59 Å². The van der Waals surface area contributed by atoms with E-state index in [0.29, 0.717) is 11.3 Å². The van der Waals surface area contributed by atoms with Crippen LogP contribution >= 0.6 is 0 Å². The first kappa shape index (κ1) is 12.8. The number of aromatic amines is 1. The van der Waals surface area contributed by atoms with Crippen molar-refractivity contribution in [3.05, 3.63) is 53.9 Å². The SMILES string of the molecule is O=C(Cc1ccn[nH]1)N[C@H](C(=O)O)c1ccccc1. The minimum atomic E-state index is -1.09. The van der Waals surface area contributed by atoms with Gasteiger partial charge in [0.05, 0.1) is 6.42 Å². The predicted molar refractivity (Wildman–Crippen MR) is 67.3 cm³/mol. The second-order valence-corrected chi connectivity index (χ2v) is 4.01. The van der Waals surface area contributed by atoms with Crippen molar-refractivity contribution in [3.63, 3.8) is 0 Å². The lowest BCUT2D eigenvalue weighted by Gasteiger charge is -2.14. The molecule has 19 heavy (non-hydrogen) atoms. The molecule has 0 radical (unpaired) electrons. The van der Waals surface area contributed by atoms with Gasteiger partial charge in [-0.15, -0.1) is 0 Å². The largest absolute Gasteiger partial charge is 0.479 e. The maximum atomic E-state index is 11.8. The zero-order valence-electron chi connectivity index (χ0n) is 10.0. The van der Waals surface area contributed by atoms with Crippen molar-refractivity contribution in [1.82, 2.24) is 15.5 Å². The van der Waals surface area contributed by atoms with Gasteiger partial charge in [-0.05, 0) is 11.6 Å². The molecule has 1 atom stereocenters. The Kier molecular flexibility index (Phi) is 3.92. The molecule has 0 saturated heterocycles. The highest BCUT2D eigenvalue weighted by atomic mass is 16.4. The molecule has 1 amide bonds. The molecule has 1 heterocycles. The molecule has 2 aromatic rings. The Labute approximate surface area is 109 Å². The van der Waals surface area contributed by atoms with E-state index in [-0.39, 0.29) is 12.3 Å². The highest BCUT2D eigenvalue weighted by Crippen LogP contribution is 2.12. The molecule has 0 unspecified atom stereocenters. The Hall–Kier alpha value is -2.63. The van der Waals surface area contributed by atoms with E-state index < -0.39 is 12.0 Å². The molecular weight excluding hydrogens is 246 g/mol. The van der Waals surface area contributed by atoms with Crippen LogP contribution in [0.1, 0.15) is 17.3 Å². The Morgan fingerprint density at radius 2 is 2.00 bits per heavy atom. The lowest BCUT2D eigenvalue weighted by atomic mass is 10.1. The number of aliphatic carboxylic acids is 1. The third-order valence-electron chi connectivity index (χ3n) is 2.59. The summed E-state index contributed by atoms with van der Waals surface area (Å²) in [6, 6.07) is 9.19. The van der Waals surface area contributed by atoms with Crippen molar-refractivity contribution in [2.75, 3.05) is 0 Å². The van der Waals surface area contributed by atoms with Gasteiger partial charge in [-0.3, -0.25) is 9.89 Å². The lowest BCUT2D eigenvalue weighted by Crippen LogP contribution is -2.34. The van der Waals surface area contributed by atoms with Crippen molar-refractivity contribution in [2.24, 2.45) is 0 Å². The van der Waals surface area contributed by atoms with Crippen LogP contribution in [0.3, 0.4) is 0 Å². The van der Waals surface area contributed by atoms with Crippen LogP contribution in [-0.2, 0) is 16.0 Å². The van der Waals surface area contributed by atoms with Gasteiger partial charge >= 0.3 is 5.97 Å². The molecule has 0 aliphatic rings. The third-order valence-corrected chi connectivity index (χ3v) is 2.59. The van der Waals surface area contributed by atoms with Crippen molar-refractivity contribution in [3.8, 4) is 0 Å². The van der Waals surface area contributed by atoms with Crippen molar-refractivity contribution in [2.45, 2.75) is 12.5 Å². The van der Waals surface area contributed by atoms with E-state index in [1.165, 1.54) is 6.20 Å². The van der Waals surface area contributed by atoms with Crippen molar-refractivity contribution >= 4 is 11.9 Å². The molecule has 1 aromatic heterocycles. The summed E-state index contributed by atoms with van der Waals surface area (Å²) in [5.41, 5.74) is 1.17. The van der Waals surface area contributed by atoms with E-state index in [1.807, 2.05) is 0 Å². The number of H-pyrrole nitrogens is 1. The van der Waals surface area contributed by atoms with Gasteiger partial charge in [-0.1, -0.05) is 30.3 Å². The minimum absolute atomic E-state index is 0.0661. The Morgan fingerprint density at radius 1 is 1.26 bits per heavy atom. The molecule has 0 bridgehead atoms. The molecule has 0 fully saturated rings. The fourth-order valence-electron chi connectivity index (χ4n) is 1.70. The molecule has 3 N–H and O–H groups in total. The van der Waals surface area contributed by atoms with Gasteiger partial charge < -0.3 is 10.4 Å². The number of benzene rings is 1. The van der Waals surface area contributed by atoms with Gasteiger partial charge in [0.25, 0.3) is 0 Å². The van der Waals surface area contributed by atoms with Gasteiger partial charge in [0.2, 0.25) is 5.91 Å². The van der Waals surface area contributed by atoms with E-state index in [4.69, 9.17) is 5.11 Å². The number of carboxylic acid groups (broad SMARTS) is 1. The number of rotatable bonds is 5.